The Morgan fingerprint density at radius 2 is 1.71 bits per heavy atom. The molecule has 0 N–H and O–H groups in total. The summed E-state index contributed by atoms with van der Waals surface area (Å²) >= 11 is 0. The van der Waals surface area contributed by atoms with E-state index in [4.69, 9.17) is 0 Å². The second-order valence-electron chi connectivity index (χ2n) is 3.60. The van der Waals surface area contributed by atoms with Crippen molar-refractivity contribution in [3.8, 4) is 0 Å². The predicted molar refractivity (Wildman–Crippen MR) is 61.5 cm³/mol. The Hall–Kier alpha value is -0.890. The number of esters is 1. The fourth-order valence-corrected chi connectivity index (χ4v) is 5.14. The molecule has 1 rings (SSSR count). The lowest BCUT2D eigenvalue weighted by Crippen LogP contribution is -2.20. The van der Waals surface area contributed by atoms with Gasteiger partial charge in [-0.15, -0.1) is 0 Å². The third-order valence-corrected chi connectivity index (χ3v) is 6.40. The van der Waals surface area contributed by atoms with E-state index in [0.29, 0.717) is 0 Å². The lowest BCUT2D eigenvalue weighted by atomic mass is 10.5. The summed E-state index contributed by atoms with van der Waals surface area (Å²) in [4.78, 5) is 10.4. The molecule has 0 fully saturated rings. The number of allylic oxidation sites excluding steroid dienone is 1. The van der Waals surface area contributed by atoms with E-state index in [1.54, 1.807) is 0 Å². The molecule has 17 heavy (non-hydrogen) atoms. The summed E-state index contributed by atoms with van der Waals surface area (Å²) in [5.74, 6) is -1.70. The van der Waals surface area contributed by atoms with Gasteiger partial charge in [0.15, 0.2) is 24.6 Å². The van der Waals surface area contributed by atoms with E-state index in [2.05, 4.69) is 4.74 Å². The first-order valence-corrected chi connectivity index (χ1v) is 8.36. The van der Waals surface area contributed by atoms with Crippen molar-refractivity contribution in [3.05, 3.63) is 9.81 Å². The molecule has 0 amide bonds. The van der Waals surface area contributed by atoms with Gasteiger partial charge in [-0.3, -0.25) is 0 Å². The van der Waals surface area contributed by atoms with E-state index in [1.807, 2.05) is 0 Å². The quantitative estimate of drug-likeness (QED) is 0.662. The van der Waals surface area contributed by atoms with Gasteiger partial charge in [-0.1, -0.05) is 0 Å². The highest BCUT2D eigenvalue weighted by atomic mass is 32.2. The van der Waals surface area contributed by atoms with Gasteiger partial charge in [0.2, 0.25) is 0 Å². The van der Waals surface area contributed by atoms with Crippen LogP contribution in [0, 0.1) is 0 Å². The van der Waals surface area contributed by atoms with Gasteiger partial charge in [0.25, 0.3) is 0 Å². The van der Waals surface area contributed by atoms with Gasteiger partial charge in [-0.2, -0.15) is 0 Å². The second-order valence-corrected chi connectivity index (χ2v) is 7.89. The van der Waals surface area contributed by atoms with Crippen molar-refractivity contribution < 1.29 is 26.4 Å². The zero-order chi connectivity index (χ0) is 13.3. The number of rotatable bonds is 2. The topological polar surface area (TPSA) is 94.6 Å². The molecular weight excluding hydrogens is 268 g/mol. The molecule has 0 aromatic heterocycles. The summed E-state index contributed by atoms with van der Waals surface area (Å²) in [5, 5.41) is 0. The first-order valence-electron chi connectivity index (χ1n) is 5.06. The molecule has 1 heterocycles. The Morgan fingerprint density at radius 1 is 1.18 bits per heavy atom. The third kappa shape index (κ3) is 2.86. The molecule has 8 heteroatoms. The number of sulfone groups is 2. The Kier molecular flexibility index (Phi) is 3.98. The number of hydrogen-bond acceptors (Lipinski definition) is 6. The predicted octanol–water partition coefficient (Wildman–Crippen LogP) is 0.0143. The largest absolute Gasteiger partial charge is 0.462 e. The average Bonchev–Trinajstić information content (AvgIpc) is 2.23. The van der Waals surface area contributed by atoms with Crippen LogP contribution in [0.5, 0.6) is 0 Å². The highest BCUT2D eigenvalue weighted by Crippen LogP contribution is 2.25. The van der Waals surface area contributed by atoms with Crippen molar-refractivity contribution in [1.29, 1.82) is 0 Å². The number of hydrogen-bond donors (Lipinski definition) is 0. The molecule has 1 aliphatic heterocycles. The smallest absolute Gasteiger partial charge is 0.350 e. The molecule has 0 aromatic rings. The van der Waals surface area contributed by atoms with Crippen LogP contribution in [0.2, 0.25) is 0 Å². The van der Waals surface area contributed by atoms with Crippen molar-refractivity contribution in [2.75, 3.05) is 18.1 Å². The van der Waals surface area contributed by atoms with Crippen molar-refractivity contribution in [2.24, 2.45) is 0 Å². The zero-order valence-electron chi connectivity index (χ0n) is 9.59. The summed E-state index contributed by atoms with van der Waals surface area (Å²) in [6.07, 6.45) is -0.00902. The van der Waals surface area contributed by atoms with Crippen LogP contribution in [0.4, 0.5) is 0 Å². The minimum absolute atomic E-state index is 0.00875. The number of carbonyl (C=O) groups is 1. The van der Waals surface area contributed by atoms with E-state index >= 15 is 0 Å². The van der Waals surface area contributed by atoms with E-state index < -0.39 is 35.5 Å². The van der Waals surface area contributed by atoms with Crippen molar-refractivity contribution in [2.45, 2.75) is 20.3 Å². The van der Waals surface area contributed by atoms with Gasteiger partial charge in [0.1, 0.15) is 0 Å². The van der Waals surface area contributed by atoms with E-state index in [1.165, 1.54) is 6.92 Å². The molecule has 0 bridgehead atoms. The Balaban J connectivity index is 3.47. The molecule has 0 spiro atoms. The van der Waals surface area contributed by atoms with Crippen molar-refractivity contribution in [3.63, 3.8) is 0 Å². The molecule has 6 nitrogen and oxygen atoms in total. The van der Waals surface area contributed by atoms with Crippen LogP contribution in [-0.2, 0) is 29.2 Å². The maximum Gasteiger partial charge on any atom is 0.350 e. The molecule has 0 atom stereocenters. The Bertz CT molecular complexity index is 552. The first-order chi connectivity index (χ1) is 7.72. The summed E-state index contributed by atoms with van der Waals surface area (Å²) in [5.41, 5.74) is 0. The highest BCUT2D eigenvalue weighted by Gasteiger charge is 2.36. The molecule has 0 aromatic carbocycles. The lowest BCUT2D eigenvalue weighted by Gasteiger charge is -2.08. The van der Waals surface area contributed by atoms with Crippen LogP contribution in [0.15, 0.2) is 9.81 Å². The molecule has 1 aliphatic rings. The van der Waals surface area contributed by atoms with Gasteiger partial charge in [0, 0.05) is 0 Å². The van der Waals surface area contributed by atoms with E-state index in [9.17, 15) is 21.6 Å². The fourth-order valence-electron chi connectivity index (χ4n) is 1.52. The SMILES string of the molecule is CCOC(=O)C1=C(C)S(=O)(=O)CCCS1(=O)=O. The van der Waals surface area contributed by atoms with Crippen LogP contribution in [0.1, 0.15) is 20.3 Å². The summed E-state index contributed by atoms with van der Waals surface area (Å²) in [6.45, 7) is 2.64. The summed E-state index contributed by atoms with van der Waals surface area (Å²) in [7, 11) is -7.56. The normalized spacial score (nSPS) is 22.9. The van der Waals surface area contributed by atoms with Crippen LogP contribution < -0.4 is 0 Å². The highest BCUT2D eigenvalue weighted by molar-refractivity contribution is 8.00. The molecule has 0 saturated carbocycles. The average molecular weight is 282 g/mol. The lowest BCUT2D eigenvalue weighted by molar-refractivity contribution is -0.137. The Morgan fingerprint density at radius 3 is 2.24 bits per heavy atom. The zero-order valence-corrected chi connectivity index (χ0v) is 11.2. The van der Waals surface area contributed by atoms with Gasteiger partial charge < -0.3 is 4.74 Å². The summed E-state index contributed by atoms with van der Waals surface area (Å²) in [6, 6.07) is 0. The Labute approximate surface area is 100 Å². The van der Waals surface area contributed by atoms with Crippen LogP contribution in [0.3, 0.4) is 0 Å². The van der Waals surface area contributed by atoms with Crippen LogP contribution in [0.25, 0.3) is 0 Å². The maximum absolute atomic E-state index is 11.8. The minimum Gasteiger partial charge on any atom is -0.462 e. The van der Waals surface area contributed by atoms with Gasteiger partial charge in [-0.25, -0.2) is 21.6 Å². The fraction of sp³-hybridized carbons (Fsp3) is 0.667. The van der Waals surface area contributed by atoms with E-state index in [0.717, 1.165) is 6.92 Å². The monoisotopic (exact) mass is 282 g/mol. The number of carbonyl (C=O) groups excluding carboxylic acids is 1. The standard InChI is InChI=1S/C9H14O6S2/c1-3-15-9(10)8-7(2)16(11,12)5-4-6-17(8,13)14/h3-6H2,1-2H3. The van der Waals surface area contributed by atoms with E-state index in [-0.39, 0.29) is 24.5 Å². The summed E-state index contributed by atoms with van der Waals surface area (Å²) < 4.78 is 51.5. The molecule has 0 aliphatic carbocycles. The van der Waals surface area contributed by atoms with Gasteiger partial charge in [-0.05, 0) is 20.3 Å². The van der Waals surface area contributed by atoms with Crippen molar-refractivity contribution in [1.82, 2.24) is 0 Å². The van der Waals surface area contributed by atoms with Crippen LogP contribution in [-0.4, -0.2) is 40.9 Å². The molecule has 0 radical (unpaired) electrons. The van der Waals surface area contributed by atoms with Crippen molar-refractivity contribution >= 4 is 25.6 Å². The molecular formula is C9H14O6S2. The van der Waals surface area contributed by atoms with Gasteiger partial charge in [0.05, 0.1) is 23.0 Å². The first kappa shape index (κ1) is 14.2. The minimum atomic E-state index is -3.88. The van der Waals surface area contributed by atoms with Gasteiger partial charge >= 0.3 is 5.97 Å². The third-order valence-electron chi connectivity index (χ3n) is 2.38. The van der Waals surface area contributed by atoms with Crippen LogP contribution >= 0.6 is 0 Å². The number of ether oxygens (including phenoxy) is 1. The molecule has 0 unspecified atom stereocenters. The second kappa shape index (κ2) is 4.77. The maximum atomic E-state index is 11.8. The molecule has 0 saturated heterocycles. The molecule has 98 valence electrons.